The van der Waals surface area contributed by atoms with Crippen LogP contribution in [0, 0.1) is 0 Å². The first-order valence-corrected chi connectivity index (χ1v) is 7.39. The number of anilines is 2. The highest BCUT2D eigenvalue weighted by Gasteiger charge is 2.24. The number of amides is 2. The lowest BCUT2D eigenvalue weighted by Gasteiger charge is -2.11. The van der Waals surface area contributed by atoms with E-state index in [9.17, 15) is 9.59 Å². The number of carbonyl (C=O) groups is 2. The summed E-state index contributed by atoms with van der Waals surface area (Å²) < 4.78 is 5.22. The fourth-order valence-electron chi connectivity index (χ4n) is 2.76. The summed E-state index contributed by atoms with van der Waals surface area (Å²) in [5.74, 6) is 0.588. The Labute approximate surface area is 134 Å². The smallest absolute Gasteiger partial charge is 0.231 e. The molecule has 23 heavy (non-hydrogen) atoms. The lowest BCUT2D eigenvalue weighted by Crippen LogP contribution is -2.20. The number of benzene rings is 2. The minimum atomic E-state index is -0.118. The summed E-state index contributed by atoms with van der Waals surface area (Å²) in [4.78, 5) is 25.6. The molecule has 3 rings (SSSR count). The molecule has 0 saturated carbocycles. The normalized spacial score (nSPS) is 13.0. The van der Waals surface area contributed by atoms with Gasteiger partial charge in [-0.25, -0.2) is 0 Å². The summed E-state index contributed by atoms with van der Waals surface area (Å²) in [6.45, 7) is 0. The number of fused-ring (bicyclic) bond motifs is 1. The largest absolute Gasteiger partial charge is 0.495 e. The van der Waals surface area contributed by atoms with E-state index in [4.69, 9.17) is 4.74 Å². The summed E-state index contributed by atoms with van der Waals surface area (Å²) in [5.41, 5.74) is 3.43. The minimum Gasteiger partial charge on any atom is -0.495 e. The number of nitrogens with zero attached hydrogens (tertiary/aromatic N) is 1. The van der Waals surface area contributed by atoms with Crippen molar-refractivity contribution in [3.63, 3.8) is 0 Å². The lowest BCUT2D eigenvalue weighted by atomic mass is 10.1. The molecule has 118 valence electrons. The van der Waals surface area contributed by atoms with E-state index in [1.807, 2.05) is 30.3 Å². The van der Waals surface area contributed by atoms with Crippen LogP contribution >= 0.6 is 0 Å². The first-order chi connectivity index (χ1) is 11.1. The van der Waals surface area contributed by atoms with Gasteiger partial charge in [0.25, 0.3) is 0 Å². The Kier molecular flexibility index (Phi) is 4.02. The molecular weight excluding hydrogens is 292 g/mol. The van der Waals surface area contributed by atoms with Crippen LogP contribution in [0.1, 0.15) is 11.1 Å². The zero-order valence-corrected chi connectivity index (χ0v) is 13.1. The van der Waals surface area contributed by atoms with Crippen LogP contribution < -0.4 is 15.0 Å². The van der Waals surface area contributed by atoms with Crippen LogP contribution in [0.15, 0.2) is 42.5 Å². The standard InChI is InChI=1S/C18H18N2O3/c1-20-15-8-7-12(9-13(15)11-18(20)22)10-17(21)19-14-5-3-4-6-16(14)23-2/h3-9H,10-11H2,1-2H3,(H,19,21). The van der Waals surface area contributed by atoms with Gasteiger partial charge >= 0.3 is 0 Å². The van der Waals surface area contributed by atoms with Crippen molar-refractivity contribution in [2.24, 2.45) is 0 Å². The van der Waals surface area contributed by atoms with Gasteiger partial charge in [0.15, 0.2) is 0 Å². The van der Waals surface area contributed by atoms with Crippen LogP contribution in [0.25, 0.3) is 0 Å². The molecule has 0 fully saturated rings. The predicted octanol–water partition coefficient (Wildman–Crippen LogP) is 2.40. The topological polar surface area (TPSA) is 58.6 Å². The van der Waals surface area contributed by atoms with Gasteiger partial charge in [0.1, 0.15) is 5.75 Å². The average molecular weight is 310 g/mol. The van der Waals surface area contributed by atoms with Crippen molar-refractivity contribution >= 4 is 23.2 Å². The fraction of sp³-hybridized carbons (Fsp3) is 0.222. The van der Waals surface area contributed by atoms with E-state index in [1.165, 1.54) is 0 Å². The minimum absolute atomic E-state index is 0.0793. The number of rotatable bonds is 4. The number of carbonyl (C=O) groups excluding carboxylic acids is 2. The average Bonchev–Trinajstić information content (AvgIpc) is 2.82. The number of methoxy groups -OCH3 is 1. The molecule has 5 heteroatoms. The molecular formula is C18H18N2O3. The summed E-state index contributed by atoms with van der Waals surface area (Å²) >= 11 is 0. The Morgan fingerprint density at radius 1 is 1.26 bits per heavy atom. The van der Waals surface area contributed by atoms with Crippen LogP contribution in [0.4, 0.5) is 11.4 Å². The number of nitrogens with one attached hydrogen (secondary N) is 1. The van der Waals surface area contributed by atoms with Crippen molar-refractivity contribution in [2.45, 2.75) is 12.8 Å². The second-order valence-electron chi connectivity index (χ2n) is 5.52. The van der Waals surface area contributed by atoms with Crippen LogP contribution in [-0.4, -0.2) is 26.0 Å². The van der Waals surface area contributed by atoms with E-state index >= 15 is 0 Å². The Hall–Kier alpha value is -2.82. The molecule has 5 nitrogen and oxygen atoms in total. The van der Waals surface area contributed by atoms with Gasteiger partial charge in [-0.1, -0.05) is 24.3 Å². The molecule has 1 heterocycles. The summed E-state index contributed by atoms with van der Waals surface area (Å²) in [7, 11) is 3.33. The molecule has 0 aromatic heterocycles. The van der Waals surface area contributed by atoms with Crippen molar-refractivity contribution in [1.29, 1.82) is 0 Å². The van der Waals surface area contributed by atoms with Gasteiger partial charge in [0.05, 0.1) is 25.6 Å². The SMILES string of the molecule is COc1ccccc1NC(=O)Cc1ccc2c(c1)CC(=O)N2C. The first-order valence-electron chi connectivity index (χ1n) is 7.39. The van der Waals surface area contributed by atoms with Crippen molar-refractivity contribution in [3.8, 4) is 5.75 Å². The van der Waals surface area contributed by atoms with Gasteiger partial charge in [-0.3, -0.25) is 9.59 Å². The zero-order chi connectivity index (χ0) is 16.4. The van der Waals surface area contributed by atoms with Gasteiger partial charge in [0.2, 0.25) is 11.8 Å². The number of hydrogen-bond donors (Lipinski definition) is 1. The fourth-order valence-corrected chi connectivity index (χ4v) is 2.76. The van der Waals surface area contributed by atoms with E-state index in [-0.39, 0.29) is 18.2 Å². The van der Waals surface area contributed by atoms with Crippen LogP contribution in [0.5, 0.6) is 5.75 Å². The van der Waals surface area contributed by atoms with E-state index in [0.717, 1.165) is 16.8 Å². The Morgan fingerprint density at radius 2 is 2.04 bits per heavy atom. The third kappa shape index (κ3) is 3.04. The second-order valence-corrected chi connectivity index (χ2v) is 5.52. The Balaban J connectivity index is 1.72. The van der Waals surface area contributed by atoms with E-state index in [2.05, 4.69) is 5.32 Å². The molecule has 0 aliphatic carbocycles. The maximum Gasteiger partial charge on any atom is 0.231 e. The Bertz CT molecular complexity index is 771. The lowest BCUT2D eigenvalue weighted by molar-refractivity contribution is -0.117. The number of hydrogen-bond acceptors (Lipinski definition) is 3. The summed E-state index contributed by atoms with van der Waals surface area (Å²) in [6, 6.07) is 13.0. The van der Waals surface area contributed by atoms with Gasteiger partial charge in [0, 0.05) is 12.7 Å². The van der Waals surface area contributed by atoms with Crippen molar-refractivity contribution in [1.82, 2.24) is 0 Å². The zero-order valence-electron chi connectivity index (χ0n) is 13.1. The number of ether oxygens (including phenoxy) is 1. The van der Waals surface area contributed by atoms with Crippen LogP contribution in [0.3, 0.4) is 0 Å². The molecule has 0 unspecified atom stereocenters. The van der Waals surface area contributed by atoms with Crippen molar-refractivity contribution in [3.05, 3.63) is 53.6 Å². The van der Waals surface area contributed by atoms with E-state index < -0.39 is 0 Å². The number of para-hydroxylation sites is 2. The molecule has 0 spiro atoms. The molecule has 1 N–H and O–H groups in total. The van der Waals surface area contributed by atoms with Crippen molar-refractivity contribution in [2.75, 3.05) is 24.4 Å². The third-order valence-corrected chi connectivity index (χ3v) is 3.97. The van der Waals surface area contributed by atoms with Crippen molar-refractivity contribution < 1.29 is 14.3 Å². The van der Waals surface area contributed by atoms with Crippen LogP contribution in [-0.2, 0) is 22.4 Å². The highest BCUT2D eigenvalue weighted by Crippen LogP contribution is 2.29. The maximum atomic E-state index is 12.2. The Morgan fingerprint density at radius 3 is 2.83 bits per heavy atom. The van der Waals surface area contributed by atoms with Gasteiger partial charge in [-0.2, -0.15) is 0 Å². The predicted molar refractivity (Wildman–Crippen MR) is 88.9 cm³/mol. The van der Waals surface area contributed by atoms with Gasteiger partial charge in [-0.05, 0) is 29.3 Å². The molecule has 2 aromatic rings. The molecule has 0 atom stereocenters. The van der Waals surface area contributed by atoms with Gasteiger partial charge < -0.3 is 15.0 Å². The first kappa shape index (κ1) is 15.1. The molecule has 2 amide bonds. The van der Waals surface area contributed by atoms with E-state index in [0.29, 0.717) is 17.9 Å². The molecule has 2 aromatic carbocycles. The van der Waals surface area contributed by atoms with Gasteiger partial charge in [-0.15, -0.1) is 0 Å². The third-order valence-electron chi connectivity index (χ3n) is 3.97. The molecule has 0 radical (unpaired) electrons. The highest BCUT2D eigenvalue weighted by molar-refractivity contribution is 6.01. The molecule has 0 bridgehead atoms. The maximum absolute atomic E-state index is 12.2. The second kappa shape index (κ2) is 6.12. The number of likely N-dealkylation sites (N-methyl/N-ethyl adjacent to an activating group) is 1. The molecule has 0 saturated heterocycles. The highest BCUT2D eigenvalue weighted by atomic mass is 16.5. The molecule has 1 aliphatic rings. The monoisotopic (exact) mass is 310 g/mol. The summed E-state index contributed by atoms with van der Waals surface area (Å²) in [6.07, 6.45) is 0.650. The van der Waals surface area contributed by atoms with Crippen LogP contribution in [0.2, 0.25) is 0 Å². The van der Waals surface area contributed by atoms with E-state index in [1.54, 1.807) is 31.2 Å². The summed E-state index contributed by atoms with van der Waals surface area (Å²) in [5, 5.41) is 2.85. The molecule has 1 aliphatic heterocycles. The quantitative estimate of drug-likeness (QED) is 0.943.